The fraction of sp³-hybridized carbons (Fsp3) is 0.188. The lowest BCUT2D eigenvalue weighted by Crippen LogP contribution is -2.25. The molecule has 0 atom stereocenters. The van der Waals surface area contributed by atoms with Crippen molar-refractivity contribution in [1.82, 2.24) is 10.3 Å². The number of anilines is 1. The van der Waals surface area contributed by atoms with E-state index in [-0.39, 0.29) is 11.8 Å². The van der Waals surface area contributed by atoms with Gasteiger partial charge in [-0.05, 0) is 30.7 Å². The first-order chi connectivity index (χ1) is 10.6. The van der Waals surface area contributed by atoms with Gasteiger partial charge in [-0.2, -0.15) is 0 Å². The molecule has 1 aromatic carbocycles. The van der Waals surface area contributed by atoms with Crippen LogP contribution in [0.4, 0.5) is 5.82 Å². The van der Waals surface area contributed by atoms with Gasteiger partial charge in [0.15, 0.2) is 0 Å². The normalized spacial score (nSPS) is 10.0. The number of carbonyl (C=O) groups excluding carboxylic acids is 2. The van der Waals surface area contributed by atoms with Crippen LogP contribution in [-0.2, 0) is 4.79 Å². The van der Waals surface area contributed by atoms with Crippen LogP contribution in [0.2, 0.25) is 5.02 Å². The van der Waals surface area contributed by atoms with Crippen LogP contribution in [0.15, 0.2) is 48.7 Å². The first kappa shape index (κ1) is 16.0. The molecule has 0 saturated heterocycles. The van der Waals surface area contributed by atoms with Crippen LogP contribution >= 0.6 is 11.6 Å². The summed E-state index contributed by atoms with van der Waals surface area (Å²) in [5.74, 6) is 0.173. The Balaban J connectivity index is 1.67. The lowest BCUT2D eigenvalue weighted by Gasteiger charge is -2.06. The van der Waals surface area contributed by atoms with Crippen LogP contribution in [0.5, 0.6) is 0 Å². The number of nitrogens with zero attached hydrogens (tertiary/aromatic N) is 1. The highest BCUT2D eigenvalue weighted by atomic mass is 35.5. The Morgan fingerprint density at radius 2 is 1.86 bits per heavy atom. The van der Waals surface area contributed by atoms with E-state index in [2.05, 4.69) is 15.6 Å². The molecule has 22 heavy (non-hydrogen) atoms. The molecule has 0 aliphatic heterocycles. The van der Waals surface area contributed by atoms with Crippen molar-refractivity contribution in [2.45, 2.75) is 12.8 Å². The zero-order valence-corrected chi connectivity index (χ0v) is 12.6. The number of halogens is 1. The topological polar surface area (TPSA) is 71.1 Å². The first-order valence-corrected chi connectivity index (χ1v) is 7.27. The molecule has 2 N–H and O–H groups in total. The van der Waals surface area contributed by atoms with E-state index in [0.717, 1.165) is 0 Å². The summed E-state index contributed by atoms with van der Waals surface area (Å²) in [5.41, 5.74) is 0.609. The largest absolute Gasteiger partial charge is 0.352 e. The lowest BCUT2D eigenvalue weighted by molar-refractivity contribution is -0.116. The van der Waals surface area contributed by atoms with Gasteiger partial charge in [0, 0.05) is 24.7 Å². The summed E-state index contributed by atoms with van der Waals surface area (Å²) in [6.45, 7) is 0.440. The van der Waals surface area contributed by atoms with Crippen LogP contribution in [-0.4, -0.2) is 23.3 Å². The molecular formula is C16H16ClN3O2. The summed E-state index contributed by atoms with van der Waals surface area (Å²) in [6.07, 6.45) is 2.33. The molecule has 0 saturated carbocycles. The predicted molar refractivity (Wildman–Crippen MR) is 85.9 cm³/mol. The number of rotatable bonds is 6. The van der Waals surface area contributed by atoms with Gasteiger partial charge in [-0.15, -0.1) is 0 Å². The van der Waals surface area contributed by atoms with Crippen molar-refractivity contribution in [2.24, 2.45) is 0 Å². The van der Waals surface area contributed by atoms with E-state index >= 15 is 0 Å². The van der Waals surface area contributed by atoms with E-state index in [1.165, 1.54) is 6.20 Å². The number of hydrogen-bond donors (Lipinski definition) is 2. The van der Waals surface area contributed by atoms with Crippen molar-refractivity contribution in [2.75, 3.05) is 11.9 Å². The summed E-state index contributed by atoms with van der Waals surface area (Å²) in [6, 6.07) is 12.2. The Morgan fingerprint density at radius 1 is 1.09 bits per heavy atom. The molecule has 0 aliphatic rings. The van der Waals surface area contributed by atoms with E-state index < -0.39 is 0 Å². The van der Waals surface area contributed by atoms with E-state index in [9.17, 15) is 9.59 Å². The Morgan fingerprint density at radius 3 is 2.55 bits per heavy atom. The first-order valence-electron chi connectivity index (χ1n) is 6.90. The second-order valence-electron chi connectivity index (χ2n) is 4.64. The summed E-state index contributed by atoms with van der Waals surface area (Å²) in [4.78, 5) is 27.5. The van der Waals surface area contributed by atoms with Crippen LogP contribution in [0.25, 0.3) is 0 Å². The van der Waals surface area contributed by atoms with Crippen LogP contribution in [0, 0.1) is 0 Å². The smallest absolute Gasteiger partial charge is 0.251 e. The number of amides is 2. The van der Waals surface area contributed by atoms with Gasteiger partial charge >= 0.3 is 0 Å². The van der Waals surface area contributed by atoms with Gasteiger partial charge in [0.25, 0.3) is 5.91 Å². The third-order valence-corrected chi connectivity index (χ3v) is 3.12. The van der Waals surface area contributed by atoms with Crippen molar-refractivity contribution in [1.29, 1.82) is 0 Å². The SMILES string of the molecule is O=C(CCCNC(=O)c1ccccc1)Nc1ccc(Cl)cn1. The van der Waals surface area contributed by atoms with Crippen molar-refractivity contribution in [3.8, 4) is 0 Å². The Labute approximate surface area is 133 Å². The molecule has 0 radical (unpaired) electrons. The van der Waals surface area contributed by atoms with Gasteiger partial charge in [-0.3, -0.25) is 9.59 Å². The molecule has 2 amide bonds. The van der Waals surface area contributed by atoms with Crippen LogP contribution in [0.1, 0.15) is 23.2 Å². The van der Waals surface area contributed by atoms with Gasteiger partial charge in [0.1, 0.15) is 5.82 Å². The molecule has 0 aliphatic carbocycles. The Bertz CT molecular complexity index is 630. The van der Waals surface area contributed by atoms with Crippen LogP contribution in [0.3, 0.4) is 0 Å². The maximum absolute atomic E-state index is 11.8. The molecule has 114 valence electrons. The molecule has 0 spiro atoms. The molecular weight excluding hydrogens is 302 g/mol. The van der Waals surface area contributed by atoms with Crippen molar-refractivity contribution in [3.05, 3.63) is 59.2 Å². The monoisotopic (exact) mass is 317 g/mol. The summed E-state index contributed by atoms with van der Waals surface area (Å²) in [7, 11) is 0. The maximum Gasteiger partial charge on any atom is 0.251 e. The summed E-state index contributed by atoms with van der Waals surface area (Å²) >= 11 is 5.72. The zero-order valence-electron chi connectivity index (χ0n) is 11.9. The number of nitrogens with one attached hydrogen (secondary N) is 2. The van der Waals surface area contributed by atoms with E-state index in [4.69, 9.17) is 11.6 Å². The fourth-order valence-corrected chi connectivity index (χ4v) is 1.91. The second-order valence-corrected chi connectivity index (χ2v) is 5.07. The number of carbonyl (C=O) groups is 2. The van der Waals surface area contributed by atoms with Gasteiger partial charge in [-0.25, -0.2) is 4.98 Å². The third-order valence-electron chi connectivity index (χ3n) is 2.90. The van der Waals surface area contributed by atoms with Crippen molar-refractivity contribution >= 4 is 29.2 Å². The average Bonchev–Trinajstić information content (AvgIpc) is 2.54. The second kappa shape index (κ2) is 8.14. The molecule has 6 heteroatoms. The molecule has 0 fully saturated rings. The number of hydrogen-bond acceptors (Lipinski definition) is 3. The van der Waals surface area contributed by atoms with Gasteiger partial charge in [0.2, 0.25) is 5.91 Å². The average molecular weight is 318 g/mol. The maximum atomic E-state index is 11.8. The van der Waals surface area contributed by atoms with E-state index in [0.29, 0.717) is 35.8 Å². The highest BCUT2D eigenvalue weighted by Gasteiger charge is 2.06. The number of benzene rings is 1. The third kappa shape index (κ3) is 5.18. The van der Waals surface area contributed by atoms with E-state index in [1.54, 1.807) is 24.3 Å². The summed E-state index contributed by atoms with van der Waals surface area (Å²) < 4.78 is 0. The Hall–Kier alpha value is -2.40. The minimum absolute atomic E-state index is 0.139. The van der Waals surface area contributed by atoms with Crippen molar-refractivity contribution in [3.63, 3.8) is 0 Å². The molecule has 2 aromatic rings. The minimum Gasteiger partial charge on any atom is -0.352 e. The van der Waals surface area contributed by atoms with Gasteiger partial charge < -0.3 is 10.6 Å². The van der Waals surface area contributed by atoms with Crippen LogP contribution < -0.4 is 10.6 Å². The molecule has 1 aromatic heterocycles. The number of pyridine rings is 1. The standard InChI is InChI=1S/C16H16ClN3O2/c17-13-8-9-14(19-11-13)20-15(21)7-4-10-18-16(22)12-5-2-1-3-6-12/h1-3,5-6,8-9,11H,4,7,10H2,(H,18,22)(H,19,20,21). The van der Waals surface area contributed by atoms with Gasteiger partial charge in [-0.1, -0.05) is 29.8 Å². The highest BCUT2D eigenvalue weighted by Crippen LogP contribution is 2.09. The lowest BCUT2D eigenvalue weighted by atomic mass is 10.2. The predicted octanol–water partition coefficient (Wildman–Crippen LogP) is 2.88. The Kier molecular flexibility index (Phi) is 5.91. The van der Waals surface area contributed by atoms with E-state index in [1.807, 2.05) is 18.2 Å². The minimum atomic E-state index is -0.149. The summed E-state index contributed by atoms with van der Waals surface area (Å²) in [5, 5.41) is 5.96. The highest BCUT2D eigenvalue weighted by molar-refractivity contribution is 6.30. The fourth-order valence-electron chi connectivity index (χ4n) is 1.80. The molecule has 0 bridgehead atoms. The quantitative estimate of drug-likeness (QED) is 0.805. The molecule has 0 unspecified atom stereocenters. The van der Waals surface area contributed by atoms with Crippen molar-refractivity contribution < 1.29 is 9.59 Å². The molecule has 2 rings (SSSR count). The molecule has 5 nitrogen and oxygen atoms in total. The zero-order chi connectivity index (χ0) is 15.8. The molecule has 1 heterocycles. The number of aromatic nitrogens is 1. The van der Waals surface area contributed by atoms with Gasteiger partial charge in [0.05, 0.1) is 5.02 Å².